The van der Waals surface area contributed by atoms with Crippen molar-refractivity contribution in [3.05, 3.63) is 93.2 Å². The highest BCUT2D eigenvalue weighted by atomic mass is 16.3. The van der Waals surface area contributed by atoms with E-state index in [0.717, 1.165) is 11.3 Å². The second kappa shape index (κ2) is 9.95. The number of nitrogens with one attached hydrogen (secondary N) is 1. The summed E-state index contributed by atoms with van der Waals surface area (Å²) >= 11 is 0. The minimum absolute atomic E-state index is 0.120. The number of nitrogens with zero attached hydrogens (tertiary/aromatic N) is 3. The number of rotatable bonds is 8. The van der Waals surface area contributed by atoms with Crippen molar-refractivity contribution in [1.82, 2.24) is 14.9 Å². The molecule has 0 atom stereocenters. The maximum atomic E-state index is 13.5. The van der Waals surface area contributed by atoms with Crippen molar-refractivity contribution >= 4 is 22.8 Å². The topological polar surface area (TPSA) is 80.4 Å². The SMILES string of the molecule is CCN(CC)c1nc2cc(C(=O)NCc3ccc(C)o3)ccc2c(=O)n1Cc1ccc(C)cc1. The molecule has 0 aliphatic rings. The molecule has 0 saturated carbocycles. The van der Waals surface area contributed by atoms with Crippen LogP contribution < -0.4 is 15.8 Å². The predicted octanol–water partition coefficient (Wildman–Crippen LogP) is 4.43. The highest BCUT2D eigenvalue weighted by molar-refractivity contribution is 5.97. The Bertz CT molecular complexity index is 1370. The zero-order valence-corrected chi connectivity index (χ0v) is 20.1. The van der Waals surface area contributed by atoms with E-state index in [1.807, 2.05) is 64.1 Å². The van der Waals surface area contributed by atoms with Gasteiger partial charge in [0.25, 0.3) is 11.5 Å². The van der Waals surface area contributed by atoms with Gasteiger partial charge >= 0.3 is 0 Å². The summed E-state index contributed by atoms with van der Waals surface area (Å²) < 4.78 is 7.24. The average molecular weight is 459 g/mol. The molecule has 2 aromatic heterocycles. The van der Waals surface area contributed by atoms with Gasteiger partial charge in [0.05, 0.1) is 24.0 Å². The summed E-state index contributed by atoms with van der Waals surface area (Å²) in [6.45, 7) is 10.1. The van der Waals surface area contributed by atoms with Crippen LogP contribution in [0.4, 0.5) is 5.95 Å². The van der Waals surface area contributed by atoms with Crippen molar-refractivity contribution in [2.45, 2.75) is 40.8 Å². The van der Waals surface area contributed by atoms with E-state index in [0.29, 0.717) is 54.4 Å². The van der Waals surface area contributed by atoms with Crippen LogP contribution >= 0.6 is 0 Å². The smallest absolute Gasteiger partial charge is 0.263 e. The lowest BCUT2D eigenvalue weighted by molar-refractivity contribution is 0.0948. The molecule has 1 N–H and O–H groups in total. The second-order valence-electron chi connectivity index (χ2n) is 8.39. The highest BCUT2D eigenvalue weighted by Crippen LogP contribution is 2.19. The van der Waals surface area contributed by atoms with Crippen LogP contribution in [0.3, 0.4) is 0 Å². The quantitative estimate of drug-likeness (QED) is 0.422. The van der Waals surface area contributed by atoms with E-state index in [1.54, 1.807) is 22.8 Å². The molecular formula is C27H30N4O3. The van der Waals surface area contributed by atoms with E-state index in [9.17, 15) is 9.59 Å². The first-order chi connectivity index (χ1) is 16.4. The zero-order valence-electron chi connectivity index (χ0n) is 20.1. The number of anilines is 1. The first kappa shape index (κ1) is 23.3. The van der Waals surface area contributed by atoms with Crippen LogP contribution in [0.25, 0.3) is 10.9 Å². The minimum Gasteiger partial charge on any atom is -0.465 e. The third kappa shape index (κ3) is 4.88. The molecule has 0 fully saturated rings. The molecule has 176 valence electrons. The van der Waals surface area contributed by atoms with E-state index in [4.69, 9.17) is 9.40 Å². The number of hydrogen-bond acceptors (Lipinski definition) is 5. The van der Waals surface area contributed by atoms with Crippen molar-refractivity contribution in [2.24, 2.45) is 0 Å². The second-order valence-corrected chi connectivity index (χ2v) is 8.39. The van der Waals surface area contributed by atoms with Crippen LogP contribution in [0.5, 0.6) is 0 Å². The maximum Gasteiger partial charge on any atom is 0.263 e. The molecule has 4 aromatic rings. The maximum absolute atomic E-state index is 13.5. The Labute approximate surface area is 199 Å². The van der Waals surface area contributed by atoms with Gasteiger partial charge in [-0.2, -0.15) is 0 Å². The Balaban J connectivity index is 1.71. The number of furan rings is 1. The van der Waals surface area contributed by atoms with Crippen LogP contribution in [0.1, 0.15) is 46.9 Å². The summed E-state index contributed by atoms with van der Waals surface area (Å²) in [6.07, 6.45) is 0. The lowest BCUT2D eigenvalue weighted by atomic mass is 10.1. The summed E-state index contributed by atoms with van der Waals surface area (Å²) in [4.78, 5) is 33.2. The van der Waals surface area contributed by atoms with Crippen molar-refractivity contribution in [3.8, 4) is 0 Å². The molecule has 1 amide bonds. The van der Waals surface area contributed by atoms with E-state index in [1.165, 1.54) is 5.56 Å². The molecule has 7 heteroatoms. The van der Waals surface area contributed by atoms with Crippen LogP contribution in [0.15, 0.2) is 63.8 Å². The molecular weight excluding hydrogens is 428 g/mol. The molecule has 2 aromatic carbocycles. The van der Waals surface area contributed by atoms with Gasteiger partial charge in [-0.05, 0) is 63.6 Å². The molecule has 0 radical (unpaired) electrons. The van der Waals surface area contributed by atoms with Crippen LogP contribution in [-0.2, 0) is 13.1 Å². The number of fused-ring (bicyclic) bond motifs is 1. The predicted molar refractivity (Wildman–Crippen MR) is 134 cm³/mol. The number of aromatic nitrogens is 2. The molecule has 7 nitrogen and oxygen atoms in total. The van der Waals surface area contributed by atoms with Crippen LogP contribution in [0.2, 0.25) is 0 Å². The van der Waals surface area contributed by atoms with Gasteiger partial charge in [0.1, 0.15) is 11.5 Å². The van der Waals surface area contributed by atoms with Crippen molar-refractivity contribution in [3.63, 3.8) is 0 Å². The average Bonchev–Trinajstić information content (AvgIpc) is 3.26. The fourth-order valence-electron chi connectivity index (χ4n) is 3.97. The standard InChI is InChI=1S/C27H30N4O3/c1-5-30(6-2)27-29-24-15-21(25(32)28-16-22-13-9-19(4)34-22)12-14-23(24)26(33)31(27)17-20-10-7-18(3)8-11-20/h7-15H,5-6,16-17H2,1-4H3,(H,28,32). The van der Waals surface area contributed by atoms with Crippen LogP contribution in [0, 0.1) is 13.8 Å². The van der Waals surface area contributed by atoms with Gasteiger partial charge in [-0.1, -0.05) is 29.8 Å². The number of aryl methyl sites for hydroxylation is 2. The van der Waals surface area contributed by atoms with Crippen molar-refractivity contribution in [2.75, 3.05) is 18.0 Å². The minimum atomic E-state index is -0.244. The normalized spacial score (nSPS) is 11.1. The molecule has 0 aliphatic carbocycles. The number of carbonyl (C=O) groups excluding carboxylic acids is 1. The number of carbonyl (C=O) groups is 1. The Morgan fingerprint density at radius 2 is 1.76 bits per heavy atom. The van der Waals surface area contributed by atoms with Gasteiger partial charge < -0.3 is 14.6 Å². The third-order valence-electron chi connectivity index (χ3n) is 5.92. The van der Waals surface area contributed by atoms with E-state index in [2.05, 4.69) is 10.2 Å². The van der Waals surface area contributed by atoms with E-state index in [-0.39, 0.29) is 11.5 Å². The first-order valence-corrected chi connectivity index (χ1v) is 11.6. The molecule has 4 rings (SSSR count). The molecule has 0 bridgehead atoms. The largest absolute Gasteiger partial charge is 0.465 e. The van der Waals surface area contributed by atoms with Gasteiger partial charge in [-0.25, -0.2) is 4.98 Å². The fraction of sp³-hybridized carbons (Fsp3) is 0.296. The Morgan fingerprint density at radius 3 is 2.41 bits per heavy atom. The third-order valence-corrected chi connectivity index (χ3v) is 5.92. The lowest BCUT2D eigenvalue weighted by Gasteiger charge is -2.24. The Kier molecular flexibility index (Phi) is 6.82. The molecule has 0 aliphatic heterocycles. The first-order valence-electron chi connectivity index (χ1n) is 11.6. The molecule has 0 saturated heterocycles. The number of benzene rings is 2. The molecule has 2 heterocycles. The Hall–Kier alpha value is -3.87. The molecule has 34 heavy (non-hydrogen) atoms. The van der Waals surface area contributed by atoms with Gasteiger partial charge in [-0.3, -0.25) is 14.2 Å². The summed E-state index contributed by atoms with van der Waals surface area (Å²) in [6, 6.07) is 16.9. The summed E-state index contributed by atoms with van der Waals surface area (Å²) in [5.74, 6) is 1.84. The van der Waals surface area contributed by atoms with Crippen molar-refractivity contribution < 1.29 is 9.21 Å². The summed E-state index contributed by atoms with van der Waals surface area (Å²) in [5.41, 5.74) is 3.04. The summed E-state index contributed by atoms with van der Waals surface area (Å²) in [5, 5.41) is 3.35. The van der Waals surface area contributed by atoms with E-state index < -0.39 is 0 Å². The lowest BCUT2D eigenvalue weighted by Crippen LogP contribution is -2.33. The van der Waals surface area contributed by atoms with Gasteiger partial charge in [0.2, 0.25) is 5.95 Å². The molecule has 0 spiro atoms. The summed E-state index contributed by atoms with van der Waals surface area (Å²) in [7, 11) is 0. The number of hydrogen-bond donors (Lipinski definition) is 1. The van der Waals surface area contributed by atoms with Crippen molar-refractivity contribution in [1.29, 1.82) is 0 Å². The number of amides is 1. The van der Waals surface area contributed by atoms with Crippen LogP contribution in [-0.4, -0.2) is 28.5 Å². The van der Waals surface area contributed by atoms with Gasteiger partial charge in [0.15, 0.2) is 0 Å². The monoisotopic (exact) mass is 458 g/mol. The fourth-order valence-corrected chi connectivity index (χ4v) is 3.97. The molecule has 0 unspecified atom stereocenters. The van der Waals surface area contributed by atoms with E-state index >= 15 is 0 Å². The van der Waals surface area contributed by atoms with Gasteiger partial charge in [0, 0.05) is 18.7 Å². The van der Waals surface area contributed by atoms with Gasteiger partial charge in [-0.15, -0.1) is 0 Å². The Morgan fingerprint density at radius 1 is 1.03 bits per heavy atom. The zero-order chi connectivity index (χ0) is 24.2. The highest BCUT2D eigenvalue weighted by Gasteiger charge is 2.17.